The minimum absolute atomic E-state index is 0.0140. The van der Waals surface area contributed by atoms with Gasteiger partial charge in [0.05, 0.1) is 11.5 Å². The highest BCUT2D eigenvalue weighted by Gasteiger charge is 2.51. The second-order valence-corrected chi connectivity index (χ2v) is 8.16. The number of rotatable bonds is 4. The average molecular weight is 320 g/mol. The van der Waals surface area contributed by atoms with Crippen LogP contribution in [-0.4, -0.2) is 46.6 Å². The van der Waals surface area contributed by atoms with Gasteiger partial charge in [-0.1, -0.05) is 20.8 Å². The molecule has 23 heavy (non-hydrogen) atoms. The number of hydrogen-bond donors (Lipinski definition) is 2. The molecule has 2 fully saturated rings. The molecule has 2 N–H and O–H groups in total. The minimum atomic E-state index is -0.613. The first kappa shape index (κ1) is 17.8. The van der Waals surface area contributed by atoms with Gasteiger partial charge in [0.25, 0.3) is 0 Å². The summed E-state index contributed by atoms with van der Waals surface area (Å²) in [6, 6.07) is -0.627. The predicted molar refractivity (Wildman–Crippen MR) is 88.3 cm³/mol. The number of hydrogen-bond acceptors (Lipinski definition) is 3. The van der Waals surface area contributed by atoms with E-state index in [1.807, 2.05) is 27.7 Å². The van der Waals surface area contributed by atoms with Gasteiger partial charge >= 0.3 is 0 Å². The fraction of sp³-hybridized carbons (Fsp3) is 0.778. The molecule has 1 saturated heterocycles. The summed E-state index contributed by atoms with van der Waals surface area (Å²) >= 11 is 0. The maximum absolute atomic E-state index is 12.9. The van der Waals surface area contributed by atoms with Crippen LogP contribution in [0.2, 0.25) is 0 Å². The molecule has 3 atom stereocenters. The minimum Gasteiger partial charge on any atom is -0.391 e. The van der Waals surface area contributed by atoms with Crippen molar-refractivity contribution in [1.82, 2.24) is 10.2 Å². The van der Waals surface area contributed by atoms with Gasteiger partial charge in [-0.15, -0.1) is 12.3 Å². The summed E-state index contributed by atoms with van der Waals surface area (Å²) in [5, 5.41) is 12.7. The fourth-order valence-electron chi connectivity index (χ4n) is 3.24. The molecule has 1 saturated carbocycles. The van der Waals surface area contributed by atoms with Crippen LogP contribution < -0.4 is 5.32 Å². The SMILES string of the molecule is C#CCC1(C(=O)N[C@H](C(=O)N2C[C@H](O)C[C@H]2C)C(C)(C)C)CC1. The molecule has 1 aliphatic heterocycles. The van der Waals surface area contributed by atoms with Crippen molar-refractivity contribution in [3.63, 3.8) is 0 Å². The fourth-order valence-corrected chi connectivity index (χ4v) is 3.24. The van der Waals surface area contributed by atoms with Gasteiger partial charge in [0.15, 0.2) is 0 Å². The van der Waals surface area contributed by atoms with Crippen molar-refractivity contribution in [3.8, 4) is 12.3 Å². The van der Waals surface area contributed by atoms with Crippen molar-refractivity contribution in [2.24, 2.45) is 10.8 Å². The molecule has 0 bridgehead atoms. The number of aliphatic hydroxyl groups is 1. The van der Waals surface area contributed by atoms with Crippen molar-refractivity contribution in [2.45, 2.75) is 71.6 Å². The van der Waals surface area contributed by atoms with Crippen molar-refractivity contribution in [1.29, 1.82) is 0 Å². The molecule has 2 amide bonds. The summed E-state index contributed by atoms with van der Waals surface area (Å²) in [5.41, 5.74) is -0.888. The Hall–Kier alpha value is -1.54. The van der Waals surface area contributed by atoms with Gasteiger partial charge < -0.3 is 15.3 Å². The van der Waals surface area contributed by atoms with Crippen LogP contribution >= 0.6 is 0 Å². The molecule has 0 unspecified atom stereocenters. The van der Waals surface area contributed by atoms with Gasteiger partial charge in [-0.25, -0.2) is 0 Å². The normalized spacial score (nSPS) is 27.2. The molecule has 0 radical (unpaired) electrons. The molecule has 2 aliphatic rings. The zero-order valence-electron chi connectivity index (χ0n) is 14.6. The molecule has 5 heteroatoms. The Bertz CT molecular complexity index is 525. The molecule has 5 nitrogen and oxygen atoms in total. The van der Waals surface area contributed by atoms with E-state index >= 15 is 0 Å². The van der Waals surface area contributed by atoms with Crippen LogP contribution in [0.5, 0.6) is 0 Å². The van der Waals surface area contributed by atoms with Gasteiger partial charge in [-0.3, -0.25) is 9.59 Å². The van der Waals surface area contributed by atoms with Gasteiger partial charge in [0.2, 0.25) is 11.8 Å². The average Bonchev–Trinajstić information content (AvgIpc) is 3.13. The van der Waals surface area contributed by atoms with Crippen LogP contribution in [0.4, 0.5) is 0 Å². The van der Waals surface area contributed by atoms with Crippen molar-refractivity contribution >= 4 is 11.8 Å². The summed E-state index contributed by atoms with van der Waals surface area (Å²) in [4.78, 5) is 27.2. The molecule has 1 aliphatic carbocycles. The predicted octanol–water partition coefficient (Wildman–Crippen LogP) is 1.30. The Labute approximate surface area is 138 Å². The second kappa shape index (κ2) is 6.16. The molecule has 0 spiro atoms. The van der Waals surface area contributed by atoms with Gasteiger partial charge in [0, 0.05) is 19.0 Å². The van der Waals surface area contributed by atoms with E-state index in [9.17, 15) is 14.7 Å². The lowest BCUT2D eigenvalue weighted by atomic mass is 9.85. The van der Waals surface area contributed by atoms with Crippen molar-refractivity contribution in [3.05, 3.63) is 0 Å². The topological polar surface area (TPSA) is 69.6 Å². The third kappa shape index (κ3) is 3.69. The molecule has 0 aromatic carbocycles. The summed E-state index contributed by atoms with van der Waals surface area (Å²) in [5.74, 6) is 2.34. The van der Waals surface area contributed by atoms with Crippen LogP contribution in [0.15, 0.2) is 0 Å². The Morgan fingerprint density at radius 1 is 1.43 bits per heavy atom. The summed E-state index contributed by atoms with van der Waals surface area (Å²) in [6.45, 7) is 8.07. The first-order valence-corrected chi connectivity index (χ1v) is 8.34. The molecule has 0 aromatic rings. The van der Waals surface area contributed by atoms with Gasteiger partial charge in [-0.05, 0) is 31.6 Å². The monoisotopic (exact) mass is 320 g/mol. The summed E-state index contributed by atoms with van der Waals surface area (Å²) in [6.07, 6.45) is 7.45. The van der Waals surface area contributed by atoms with Gasteiger partial charge in [0.1, 0.15) is 6.04 Å². The van der Waals surface area contributed by atoms with Crippen molar-refractivity contribution < 1.29 is 14.7 Å². The second-order valence-electron chi connectivity index (χ2n) is 8.16. The lowest BCUT2D eigenvalue weighted by molar-refractivity contribution is -0.141. The van der Waals surface area contributed by atoms with Gasteiger partial charge in [-0.2, -0.15) is 0 Å². The van der Waals surface area contributed by atoms with E-state index in [-0.39, 0.29) is 17.9 Å². The van der Waals surface area contributed by atoms with E-state index in [4.69, 9.17) is 6.42 Å². The quantitative estimate of drug-likeness (QED) is 0.767. The zero-order chi connectivity index (χ0) is 17.4. The van der Waals surface area contributed by atoms with Crippen LogP contribution in [0.3, 0.4) is 0 Å². The number of amides is 2. The number of aliphatic hydroxyl groups excluding tert-OH is 1. The molecule has 0 aromatic heterocycles. The van der Waals surface area contributed by atoms with E-state index in [0.29, 0.717) is 19.4 Å². The number of nitrogens with zero attached hydrogens (tertiary/aromatic N) is 1. The third-order valence-electron chi connectivity index (χ3n) is 5.00. The molecule has 1 heterocycles. The molecule has 128 valence electrons. The lowest BCUT2D eigenvalue weighted by Gasteiger charge is -2.35. The largest absolute Gasteiger partial charge is 0.391 e. The number of likely N-dealkylation sites (tertiary alicyclic amines) is 1. The van der Waals surface area contributed by atoms with E-state index in [2.05, 4.69) is 11.2 Å². The Kier molecular flexibility index (Phi) is 4.77. The number of terminal acetylenes is 1. The number of carbonyl (C=O) groups is 2. The smallest absolute Gasteiger partial charge is 0.246 e. The number of nitrogens with one attached hydrogen (secondary N) is 1. The Morgan fingerprint density at radius 3 is 2.43 bits per heavy atom. The Balaban J connectivity index is 2.14. The van der Waals surface area contributed by atoms with E-state index in [1.165, 1.54) is 0 Å². The first-order chi connectivity index (χ1) is 10.6. The van der Waals surface area contributed by atoms with E-state index in [1.54, 1.807) is 4.90 Å². The maximum Gasteiger partial charge on any atom is 0.246 e. The summed E-state index contributed by atoms with van der Waals surface area (Å²) < 4.78 is 0. The highest BCUT2D eigenvalue weighted by atomic mass is 16.3. The van der Waals surface area contributed by atoms with E-state index < -0.39 is 23.0 Å². The molecule has 2 rings (SSSR count). The molecular weight excluding hydrogens is 292 g/mol. The number of carbonyl (C=O) groups excluding carboxylic acids is 2. The standard InChI is InChI=1S/C18H28N2O3/c1-6-7-18(8-9-18)16(23)19-14(17(3,4)5)15(22)20-11-13(21)10-12(20)2/h1,12-14,21H,7-11H2,2-5H3,(H,19,23)/t12-,13-,14-/m1/s1. The maximum atomic E-state index is 12.9. The molecular formula is C18H28N2O3. The van der Waals surface area contributed by atoms with Crippen LogP contribution in [0.25, 0.3) is 0 Å². The highest BCUT2D eigenvalue weighted by Crippen LogP contribution is 2.49. The lowest BCUT2D eigenvalue weighted by Crippen LogP contribution is -2.56. The van der Waals surface area contributed by atoms with Crippen LogP contribution in [0.1, 0.15) is 53.4 Å². The number of β-amino-alcohol motifs (C(OH)–C–C–N with tert-alkyl or cyclic N) is 1. The zero-order valence-corrected chi connectivity index (χ0v) is 14.6. The van der Waals surface area contributed by atoms with E-state index in [0.717, 1.165) is 12.8 Å². The first-order valence-electron chi connectivity index (χ1n) is 8.34. The highest BCUT2D eigenvalue weighted by molar-refractivity contribution is 5.92. The third-order valence-corrected chi connectivity index (χ3v) is 5.00. The van der Waals surface area contributed by atoms with Crippen LogP contribution in [0, 0.1) is 23.2 Å². The Morgan fingerprint density at radius 2 is 2.04 bits per heavy atom. The summed E-state index contributed by atoms with van der Waals surface area (Å²) in [7, 11) is 0. The van der Waals surface area contributed by atoms with Crippen molar-refractivity contribution in [2.75, 3.05) is 6.54 Å². The van der Waals surface area contributed by atoms with Crippen LogP contribution in [-0.2, 0) is 9.59 Å².